The van der Waals surface area contributed by atoms with E-state index in [0.717, 1.165) is 31.7 Å². The molecule has 1 heterocycles. The molecule has 1 aromatic heterocycles. The number of aliphatic hydroxyl groups is 1. The summed E-state index contributed by atoms with van der Waals surface area (Å²) < 4.78 is 42.5. The van der Waals surface area contributed by atoms with Crippen LogP contribution in [0.25, 0.3) is 11.4 Å². The standard InChI is InChI=1S/C18H19F3N2O3/c1-2-3-4-9-26-17(25)13-7-5-12(6-8-13)16-22-10-14(11-23-16)15(24)18(19,20)21/h5-8,10-11,15,24H,2-4,9H2,1H3. The number of hydrogen-bond donors (Lipinski definition) is 1. The molecule has 0 aliphatic rings. The van der Waals surface area contributed by atoms with E-state index in [1.165, 1.54) is 0 Å². The van der Waals surface area contributed by atoms with Crippen LogP contribution >= 0.6 is 0 Å². The molecule has 1 atom stereocenters. The fraction of sp³-hybridized carbons (Fsp3) is 0.389. The quantitative estimate of drug-likeness (QED) is 0.589. The molecule has 2 rings (SSSR count). The monoisotopic (exact) mass is 368 g/mol. The minimum atomic E-state index is -4.77. The number of carbonyl (C=O) groups is 1. The van der Waals surface area contributed by atoms with E-state index in [0.29, 0.717) is 17.7 Å². The summed E-state index contributed by atoms with van der Waals surface area (Å²) in [5, 5.41) is 9.16. The van der Waals surface area contributed by atoms with Gasteiger partial charge in [-0.3, -0.25) is 0 Å². The number of ether oxygens (including phenoxy) is 1. The van der Waals surface area contributed by atoms with Crippen LogP contribution in [0, 0.1) is 0 Å². The van der Waals surface area contributed by atoms with E-state index in [4.69, 9.17) is 9.84 Å². The second-order valence-electron chi connectivity index (χ2n) is 5.70. The fourth-order valence-corrected chi connectivity index (χ4v) is 2.17. The first kappa shape index (κ1) is 19.8. The fourth-order valence-electron chi connectivity index (χ4n) is 2.17. The number of carbonyl (C=O) groups excluding carboxylic acids is 1. The highest BCUT2D eigenvalue weighted by Gasteiger charge is 2.39. The van der Waals surface area contributed by atoms with Gasteiger partial charge in [0.25, 0.3) is 0 Å². The van der Waals surface area contributed by atoms with Crippen molar-refractivity contribution >= 4 is 5.97 Å². The third-order valence-corrected chi connectivity index (χ3v) is 3.66. The molecule has 1 unspecified atom stereocenters. The van der Waals surface area contributed by atoms with Gasteiger partial charge < -0.3 is 9.84 Å². The molecule has 2 aromatic rings. The highest BCUT2D eigenvalue weighted by Crippen LogP contribution is 2.32. The number of unbranched alkanes of at least 4 members (excludes halogenated alkanes) is 2. The van der Waals surface area contributed by atoms with Crippen molar-refractivity contribution in [1.29, 1.82) is 0 Å². The Morgan fingerprint density at radius 1 is 1.15 bits per heavy atom. The van der Waals surface area contributed by atoms with Gasteiger partial charge in [0, 0.05) is 23.5 Å². The van der Waals surface area contributed by atoms with Crippen molar-refractivity contribution < 1.29 is 27.8 Å². The second kappa shape index (κ2) is 8.75. The molecule has 0 aliphatic heterocycles. The van der Waals surface area contributed by atoms with Crippen molar-refractivity contribution in [3.63, 3.8) is 0 Å². The van der Waals surface area contributed by atoms with Gasteiger partial charge in [0.1, 0.15) is 0 Å². The van der Waals surface area contributed by atoms with Crippen LogP contribution < -0.4 is 0 Å². The minimum absolute atomic E-state index is 0.186. The summed E-state index contributed by atoms with van der Waals surface area (Å²) in [6.07, 6.45) is -2.71. The van der Waals surface area contributed by atoms with Crippen molar-refractivity contribution in [3.8, 4) is 11.4 Å². The molecule has 26 heavy (non-hydrogen) atoms. The molecule has 1 aromatic carbocycles. The molecule has 0 fully saturated rings. The zero-order valence-corrected chi connectivity index (χ0v) is 14.2. The normalized spacial score (nSPS) is 12.7. The summed E-state index contributed by atoms with van der Waals surface area (Å²) in [6, 6.07) is 6.24. The topological polar surface area (TPSA) is 72.3 Å². The molecule has 0 aliphatic carbocycles. The lowest BCUT2D eigenvalue weighted by Crippen LogP contribution is -2.20. The maximum atomic E-state index is 12.5. The Kier molecular flexibility index (Phi) is 6.68. The second-order valence-corrected chi connectivity index (χ2v) is 5.70. The third-order valence-electron chi connectivity index (χ3n) is 3.66. The number of aromatic nitrogens is 2. The highest BCUT2D eigenvalue weighted by atomic mass is 19.4. The zero-order valence-electron chi connectivity index (χ0n) is 14.2. The number of halogens is 3. The van der Waals surface area contributed by atoms with E-state index >= 15 is 0 Å². The summed E-state index contributed by atoms with van der Waals surface area (Å²) in [7, 11) is 0. The Bertz CT molecular complexity index is 716. The molecule has 0 saturated carbocycles. The first-order valence-electron chi connectivity index (χ1n) is 8.17. The van der Waals surface area contributed by atoms with Crippen molar-refractivity contribution in [2.45, 2.75) is 38.5 Å². The van der Waals surface area contributed by atoms with Crippen LogP contribution in [0.3, 0.4) is 0 Å². The number of esters is 1. The lowest BCUT2D eigenvalue weighted by molar-refractivity contribution is -0.206. The number of nitrogens with zero attached hydrogens (tertiary/aromatic N) is 2. The molecule has 0 saturated heterocycles. The number of alkyl halides is 3. The van der Waals surface area contributed by atoms with Gasteiger partial charge in [-0.15, -0.1) is 0 Å². The van der Waals surface area contributed by atoms with Crippen LogP contribution in [0.1, 0.15) is 48.2 Å². The van der Waals surface area contributed by atoms with E-state index in [9.17, 15) is 18.0 Å². The predicted octanol–water partition coefficient (Wildman–Crippen LogP) is 4.09. The molecule has 8 heteroatoms. The summed E-state index contributed by atoms with van der Waals surface area (Å²) >= 11 is 0. The lowest BCUT2D eigenvalue weighted by Gasteiger charge is -2.14. The van der Waals surface area contributed by atoms with Crippen molar-refractivity contribution in [2.75, 3.05) is 6.61 Å². The number of hydrogen-bond acceptors (Lipinski definition) is 5. The molecular formula is C18H19F3N2O3. The highest BCUT2D eigenvalue weighted by molar-refractivity contribution is 5.89. The Labute approximate surface area is 148 Å². The molecular weight excluding hydrogens is 349 g/mol. The molecule has 140 valence electrons. The van der Waals surface area contributed by atoms with Crippen molar-refractivity contribution in [2.24, 2.45) is 0 Å². The number of rotatable bonds is 7. The van der Waals surface area contributed by atoms with E-state index in [1.807, 2.05) is 0 Å². The molecule has 0 spiro atoms. The van der Waals surface area contributed by atoms with E-state index < -0.39 is 23.8 Å². The Hall–Kier alpha value is -2.48. The van der Waals surface area contributed by atoms with Gasteiger partial charge in [-0.1, -0.05) is 31.9 Å². The van der Waals surface area contributed by atoms with E-state index in [2.05, 4.69) is 16.9 Å². The summed E-state index contributed by atoms with van der Waals surface area (Å²) in [5.41, 5.74) is 0.462. The van der Waals surface area contributed by atoms with Gasteiger partial charge in [0.15, 0.2) is 11.9 Å². The van der Waals surface area contributed by atoms with E-state index in [1.54, 1.807) is 24.3 Å². The molecule has 1 N–H and O–H groups in total. The van der Waals surface area contributed by atoms with Gasteiger partial charge in [-0.2, -0.15) is 13.2 Å². The Morgan fingerprint density at radius 3 is 2.31 bits per heavy atom. The van der Waals surface area contributed by atoms with Crippen LogP contribution in [0.2, 0.25) is 0 Å². The van der Waals surface area contributed by atoms with Gasteiger partial charge in [0.05, 0.1) is 12.2 Å². The SMILES string of the molecule is CCCCCOC(=O)c1ccc(-c2ncc(C(O)C(F)(F)F)cn2)cc1. The average molecular weight is 368 g/mol. The van der Waals surface area contributed by atoms with Crippen LogP contribution in [0.4, 0.5) is 13.2 Å². The number of benzene rings is 1. The maximum Gasteiger partial charge on any atom is 0.418 e. The van der Waals surface area contributed by atoms with Crippen LogP contribution in [-0.2, 0) is 4.74 Å². The van der Waals surface area contributed by atoms with Crippen LogP contribution in [0.5, 0.6) is 0 Å². The molecule has 0 radical (unpaired) electrons. The van der Waals surface area contributed by atoms with Crippen molar-refractivity contribution in [3.05, 3.63) is 47.8 Å². The maximum absolute atomic E-state index is 12.5. The van der Waals surface area contributed by atoms with Crippen LogP contribution in [0.15, 0.2) is 36.7 Å². The first-order chi connectivity index (χ1) is 12.3. The summed E-state index contributed by atoms with van der Waals surface area (Å²) in [6.45, 7) is 2.42. The Morgan fingerprint density at radius 2 is 1.77 bits per heavy atom. The average Bonchev–Trinajstić information content (AvgIpc) is 2.64. The van der Waals surface area contributed by atoms with Gasteiger partial charge >= 0.3 is 12.1 Å². The minimum Gasteiger partial charge on any atom is -0.462 e. The van der Waals surface area contributed by atoms with Crippen LogP contribution in [-0.4, -0.2) is 33.8 Å². The molecule has 5 nitrogen and oxygen atoms in total. The molecule has 0 bridgehead atoms. The van der Waals surface area contributed by atoms with Crippen molar-refractivity contribution in [1.82, 2.24) is 9.97 Å². The molecule has 0 amide bonds. The Balaban J connectivity index is 2.03. The lowest BCUT2D eigenvalue weighted by atomic mass is 10.1. The van der Waals surface area contributed by atoms with Gasteiger partial charge in [-0.05, 0) is 18.6 Å². The van der Waals surface area contributed by atoms with Gasteiger partial charge in [0.2, 0.25) is 0 Å². The van der Waals surface area contributed by atoms with E-state index in [-0.39, 0.29) is 5.82 Å². The largest absolute Gasteiger partial charge is 0.462 e. The van der Waals surface area contributed by atoms with Gasteiger partial charge in [-0.25, -0.2) is 14.8 Å². The smallest absolute Gasteiger partial charge is 0.418 e. The summed E-state index contributed by atoms with van der Waals surface area (Å²) in [4.78, 5) is 19.6. The number of aliphatic hydroxyl groups excluding tert-OH is 1. The zero-order chi connectivity index (χ0) is 19.2. The predicted molar refractivity (Wildman–Crippen MR) is 88.3 cm³/mol. The first-order valence-corrected chi connectivity index (χ1v) is 8.17. The summed E-state index contributed by atoms with van der Waals surface area (Å²) in [5.74, 6) is -0.247. The third kappa shape index (κ3) is 5.26.